The van der Waals surface area contributed by atoms with Gasteiger partial charge in [-0.25, -0.2) is 0 Å². The minimum absolute atomic E-state index is 0.236. The molecule has 0 radical (unpaired) electrons. The van der Waals surface area contributed by atoms with Gasteiger partial charge < -0.3 is 16.3 Å². The number of benzene rings is 1. The molecule has 0 amide bonds. The minimum atomic E-state index is -0.349. The molecule has 4 nitrogen and oxygen atoms in total. The molecule has 0 aliphatic carbocycles. The molecule has 18 heavy (non-hydrogen) atoms. The SMILES string of the molecule is Cc1cccc(NCCC(C)(C)/C(N)=N/O)c1Cl. The molecule has 0 heterocycles. The first-order chi connectivity index (χ1) is 8.38. The van der Waals surface area contributed by atoms with Crippen molar-refractivity contribution in [1.29, 1.82) is 0 Å². The maximum Gasteiger partial charge on any atom is 0.144 e. The van der Waals surface area contributed by atoms with Gasteiger partial charge in [0.2, 0.25) is 0 Å². The molecule has 0 bridgehead atoms. The average molecular weight is 270 g/mol. The van der Waals surface area contributed by atoms with Crippen molar-refractivity contribution in [2.24, 2.45) is 16.3 Å². The lowest BCUT2D eigenvalue weighted by atomic mass is 9.88. The molecule has 100 valence electrons. The zero-order chi connectivity index (χ0) is 13.8. The van der Waals surface area contributed by atoms with Gasteiger partial charge in [-0.15, -0.1) is 0 Å². The molecule has 0 saturated heterocycles. The first kappa shape index (κ1) is 14.6. The van der Waals surface area contributed by atoms with E-state index in [1.807, 2.05) is 39.0 Å². The van der Waals surface area contributed by atoms with E-state index in [1.54, 1.807) is 0 Å². The number of nitrogens with two attached hydrogens (primary N) is 1. The number of hydrogen-bond acceptors (Lipinski definition) is 3. The van der Waals surface area contributed by atoms with Crippen LogP contribution in [0.5, 0.6) is 0 Å². The van der Waals surface area contributed by atoms with Crippen LogP contribution in [-0.2, 0) is 0 Å². The number of hydrogen-bond donors (Lipinski definition) is 3. The zero-order valence-corrected chi connectivity index (χ0v) is 11.8. The largest absolute Gasteiger partial charge is 0.409 e. The predicted octanol–water partition coefficient (Wildman–Crippen LogP) is 3.22. The van der Waals surface area contributed by atoms with E-state index in [1.165, 1.54) is 0 Å². The van der Waals surface area contributed by atoms with E-state index in [-0.39, 0.29) is 11.3 Å². The molecule has 0 saturated carbocycles. The summed E-state index contributed by atoms with van der Waals surface area (Å²) in [7, 11) is 0. The Labute approximate surface area is 113 Å². The molecule has 1 aromatic carbocycles. The summed E-state index contributed by atoms with van der Waals surface area (Å²) in [4.78, 5) is 0. The summed E-state index contributed by atoms with van der Waals surface area (Å²) in [5.41, 5.74) is 7.23. The van der Waals surface area contributed by atoms with Gasteiger partial charge in [-0.05, 0) is 25.0 Å². The van der Waals surface area contributed by atoms with Crippen LogP contribution in [-0.4, -0.2) is 17.6 Å². The Morgan fingerprint density at radius 1 is 1.50 bits per heavy atom. The molecular weight excluding hydrogens is 250 g/mol. The van der Waals surface area contributed by atoms with Crippen molar-refractivity contribution in [3.8, 4) is 0 Å². The smallest absolute Gasteiger partial charge is 0.144 e. The number of rotatable bonds is 5. The summed E-state index contributed by atoms with van der Waals surface area (Å²) in [5.74, 6) is 0.236. The van der Waals surface area contributed by atoms with Gasteiger partial charge in [0.25, 0.3) is 0 Å². The average Bonchev–Trinajstić information content (AvgIpc) is 2.33. The second-order valence-corrected chi connectivity index (χ2v) is 5.36. The normalized spacial score (nSPS) is 12.6. The van der Waals surface area contributed by atoms with Gasteiger partial charge in [-0.1, -0.05) is 42.7 Å². The Kier molecular flexibility index (Phi) is 4.84. The zero-order valence-electron chi connectivity index (χ0n) is 11.0. The molecule has 4 N–H and O–H groups in total. The third kappa shape index (κ3) is 3.53. The number of oxime groups is 1. The van der Waals surface area contributed by atoms with Gasteiger partial charge in [0.05, 0.1) is 10.7 Å². The molecule has 0 spiro atoms. The fourth-order valence-electron chi connectivity index (χ4n) is 1.56. The molecule has 5 heteroatoms. The molecule has 0 aliphatic rings. The molecular formula is C13H20ClN3O. The number of nitrogens with zero attached hydrogens (tertiary/aromatic N) is 1. The quantitative estimate of drug-likeness (QED) is 0.333. The lowest BCUT2D eigenvalue weighted by Crippen LogP contribution is -2.33. The second kappa shape index (κ2) is 5.96. The van der Waals surface area contributed by atoms with Crippen molar-refractivity contribution in [3.63, 3.8) is 0 Å². The summed E-state index contributed by atoms with van der Waals surface area (Å²) in [6, 6.07) is 5.86. The van der Waals surface area contributed by atoms with E-state index in [0.717, 1.165) is 22.7 Å². The summed E-state index contributed by atoms with van der Waals surface area (Å²) in [5, 5.41) is 15.7. The van der Waals surface area contributed by atoms with E-state index in [0.29, 0.717) is 6.54 Å². The fraction of sp³-hybridized carbons (Fsp3) is 0.462. The van der Waals surface area contributed by atoms with Gasteiger partial charge in [0.15, 0.2) is 0 Å². The standard InChI is InChI=1S/C13H20ClN3O/c1-9-5-4-6-10(11(9)14)16-8-7-13(2,3)12(15)17-18/h4-6,16,18H,7-8H2,1-3H3,(H2,15,17). The number of halogens is 1. The first-order valence-electron chi connectivity index (χ1n) is 5.85. The highest BCUT2D eigenvalue weighted by atomic mass is 35.5. The monoisotopic (exact) mass is 269 g/mol. The van der Waals surface area contributed by atoms with Crippen LogP contribution in [0.15, 0.2) is 23.4 Å². The summed E-state index contributed by atoms with van der Waals surface area (Å²) in [6.07, 6.45) is 0.743. The number of amidine groups is 1. The van der Waals surface area contributed by atoms with Crippen LogP contribution in [0.3, 0.4) is 0 Å². The molecule has 1 aromatic rings. The molecule has 0 atom stereocenters. The lowest BCUT2D eigenvalue weighted by Gasteiger charge is -2.23. The van der Waals surface area contributed by atoms with Crippen molar-refractivity contribution < 1.29 is 5.21 Å². The van der Waals surface area contributed by atoms with E-state index in [2.05, 4.69) is 10.5 Å². The summed E-state index contributed by atoms with van der Waals surface area (Å²) >= 11 is 6.18. The number of nitrogens with one attached hydrogen (secondary N) is 1. The van der Waals surface area contributed by atoms with E-state index in [9.17, 15) is 0 Å². The Morgan fingerprint density at radius 2 is 2.17 bits per heavy atom. The van der Waals surface area contributed by atoms with Crippen molar-refractivity contribution in [2.45, 2.75) is 27.2 Å². The molecule has 1 rings (SSSR count). The Balaban J connectivity index is 2.60. The number of anilines is 1. The number of aryl methyl sites for hydroxylation is 1. The minimum Gasteiger partial charge on any atom is -0.409 e. The van der Waals surface area contributed by atoms with E-state index >= 15 is 0 Å². The van der Waals surface area contributed by atoms with Crippen LogP contribution < -0.4 is 11.1 Å². The van der Waals surface area contributed by atoms with Crippen LogP contribution in [0, 0.1) is 12.3 Å². The second-order valence-electron chi connectivity index (χ2n) is 4.98. The molecule has 0 unspecified atom stereocenters. The first-order valence-corrected chi connectivity index (χ1v) is 6.23. The highest BCUT2D eigenvalue weighted by Gasteiger charge is 2.23. The summed E-state index contributed by atoms with van der Waals surface area (Å²) in [6.45, 7) is 6.53. The fourth-order valence-corrected chi connectivity index (χ4v) is 1.75. The van der Waals surface area contributed by atoms with Gasteiger partial charge in [0.1, 0.15) is 5.84 Å². The molecule has 0 fully saturated rings. The lowest BCUT2D eigenvalue weighted by molar-refractivity contribution is 0.306. The van der Waals surface area contributed by atoms with Crippen LogP contribution in [0.4, 0.5) is 5.69 Å². The molecule has 0 aliphatic heterocycles. The van der Waals surface area contributed by atoms with E-state index < -0.39 is 0 Å². The highest BCUT2D eigenvalue weighted by molar-refractivity contribution is 6.33. The van der Waals surface area contributed by atoms with Gasteiger partial charge >= 0.3 is 0 Å². The third-order valence-electron chi connectivity index (χ3n) is 3.06. The van der Waals surface area contributed by atoms with Crippen molar-refractivity contribution in [1.82, 2.24) is 0 Å². The van der Waals surface area contributed by atoms with E-state index in [4.69, 9.17) is 22.5 Å². The van der Waals surface area contributed by atoms with Crippen LogP contribution in [0.1, 0.15) is 25.8 Å². The van der Waals surface area contributed by atoms with Crippen LogP contribution in [0.25, 0.3) is 0 Å². The Hall–Kier alpha value is -1.42. The maximum absolute atomic E-state index is 8.69. The van der Waals surface area contributed by atoms with Crippen LogP contribution in [0.2, 0.25) is 5.02 Å². The molecule has 0 aromatic heterocycles. The van der Waals surface area contributed by atoms with Crippen molar-refractivity contribution >= 4 is 23.1 Å². The highest BCUT2D eigenvalue weighted by Crippen LogP contribution is 2.26. The van der Waals surface area contributed by atoms with Crippen LogP contribution >= 0.6 is 11.6 Å². The van der Waals surface area contributed by atoms with Gasteiger partial charge in [-0.2, -0.15) is 0 Å². The maximum atomic E-state index is 8.69. The Bertz CT molecular complexity index is 444. The van der Waals surface area contributed by atoms with Crippen molar-refractivity contribution in [2.75, 3.05) is 11.9 Å². The predicted molar refractivity (Wildman–Crippen MR) is 76.5 cm³/mol. The van der Waals surface area contributed by atoms with Crippen molar-refractivity contribution in [3.05, 3.63) is 28.8 Å². The Morgan fingerprint density at radius 3 is 2.78 bits per heavy atom. The third-order valence-corrected chi connectivity index (χ3v) is 3.56. The van der Waals surface area contributed by atoms with Gasteiger partial charge in [0, 0.05) is 12.0 Å². The topological polar surface area (TPSA) is 70.6 Å². The summed E-state index contributed by atoms with van der Waals surface area (Å²) < 4.78 is 0. The van der Waals surface area contributed by atoms with Gasteiger partial charge in [-0.3, -0.25) is 0 Å².